The molecular formula is C55H101NO8P+. The normalized spacial score (nSPS) is 13.9. The van der Waals surface area contributed by atoms with Crippen LogP contribution in [0.25, 0.3) is 0 Å². The van der Waals surface area contributed by atoms with Crippen LogP contribution in [0.4, 0.5) is 0 Å². The van der Waals surface area contributed by atoms with Gasteiger partial charge in [0.15, 0.2) is 6.10 Å². The van der Waals surface area contributed by atoms with Gasteiger partial charge in [0, 0.05) is 12.8 Å². The molecule has 0 bridgehead atoms. The highest BCUT2D eigenvalue weighted by Crippen LogP contribution is 2.43. The number of likely N-dealkylation sites (N-methyl/N-ethyl adjacent to an activating group) is 1. The maximum absolute atomic E-state index is 12.8. The maximum Gasteiger partial charge on any atom is 0.472 e. The summed E-state index contributed by atoms with van der Waals surface area (Å²) in [5.41, 5.74) is 0. The second-order valence-electron chi connectivity index (χ2n) is 18.9. The van der Waals surface area contributed by atoms with E-state index in [1.54, 1.807) is 0 Å². The lowest BCUT2D eigenvalue weighted by Crippen LogP contribution is -2.37. The third-order valence-electron chi connectivity index (χ3n) is 11.3. The Bertz CT molecular complexity index is 1290. The lowest BCUT2D eigenvalue weighted by atomic mass is 10.0. The Kier molecular flexibility index (Phi) is 45.2. The first kappa shape index (κ1) is 62.7. The first-order chi connectivity index (χ1) is 31.5. The molecule has 2 unspecified atom stereocenters. The fourth-order valence-corrected chi connectivity index (χ4v) is 7.84. The topological polar surface area (TPSA) is 108 Å². The third-order valence-corrected chi connectivity index (χ3v) is 12.3. The van der Waals surface area contributed by atoms with Crippen molar-refractivity contribution in [1.82, 2.24) is 0 Å². The SMILES string of the molecule is CCCC/C=C\C/C=C\CCCCCCCC(=O)OCC(COP(=O)(O)OCC[N+](C)(C)C)OC(=O)CCCCCCCCCCCCCC/C=C\C/C=C\C/C=C\CCCCCCC. The van der Waals surface area contributed by atoms with Gasteiger partial charge in [-0.25, -0.2) is 4.57 Å². The number of quaternary nitrogens is 1. The first-order valence-corrected chi connectivity index (χ1v) is 28.0. The van der Waals surface area contributed by atoms with E-state index in [-0.39, 0.29) is 32.0 Å². The molecule has 2 atom stereocenters. The van der Waals surface area contributed by atoms with Gasteiger partial charge in [-0.05, 0) is 77.0 Å². The van der Waals surface area contributed by atoms with E-state index in [1.807, 2.05) is 21.1 Å². The minimum atomic E-state index is -4.39. The number of phosphoric ester groups is 1. The number of hydrogen-bond donors (Lipinski definition) is 1. The van der Waals surface area contributed by atoms with Crippen LogP contribution in [0.1, 0.15) is 226 Å². The number of phosphoric acid groups is 1. The number of carbonyl (C=O) groups excluding carboxylic acids is 2. The van der Waals surface area contributed by atoms with E-state index in [4.69, 9.17) is 18.5 Å². The van der Waals surface area contributed by atoms with Gasteiger partial charge in [0.2, 0.25) is 0 Å². The van der Waals surface area contributed by atoms with Crippen molar-refractivity contribution in [2.75, 3.05) is 47.5 Å². The molecule has 0 aromatic carbocycles. The average Bonchev–Trinajstić information content (AvgIpc) is 3.26. The van der Waals surface area contributed by atoms with Gasteiger partial charge in [0.1, 0.15) is 19.8 Å². The molecule has 0 spiro atoms. The van der Waals surface area contributed by atoms with Crippen LogP contribution in [0.5, 0.6) is 0 Å². The van der Waals surface area contributed by atoms with Crippen LogP contribution in [0, 0.1) is 0 Å². The van der Waals surface area contributed by atoms with Crippen molar-refractivity contribution >= 4 is 19.8 Å². The Hall–Kier alpha value is -2.29. The zero-order valence-corrected chi connectivity index (χ0v) is 43.6. The molecule has 0 aliphatic rings. The minimum absolute atomic E-state index is 0.0272. The molecule has 0 aromatic heterocycles. The fourth-order valence-electron chi connectivity index (χ4n) is 7.10. The van der Waals surface area contributed by atoms with Crippen molar-refractivity contribution in [3.05, 3.63) is 60.8 Å². The number of allylic oxidation sites excluding steroid dienone is 10. The van der Waals surface area contributed by atoms with Gasteiger partial charge in [0.05, 0.1) is 27.7 Å². The number of unbranched alkanes of at least 4 members (excludes halogenated alkanes) is 24. The third kappa shape index (κ3) is 51.0. The maximum atomic E-state index is 12.8. The summed E-state index contributed by atoms with van der Waals surface area (Å²) in [6, 6.07) is 0. The summed E-state index contributed by atoms with van der Waals surface area (Å²) in [7, 11) is 1.46. The Morgan fingerprint density at radius 2 is 0.846 bits per heavy atom. The summed E-state index contributed by atoms with van der Waals surface area (Å²) < 4.78 is 34.4. The van der Waals surface area contributed by atoms with Gasteiger partial charge in [-0.15, -0.1) is 0 Å². The molecule has 9 nitrogen and oxygen atoms in total. The van der Waals surface area contributed by atoms with E-state index in [1.165, 1.54) is 109 Å². The Balaban J connectivity index is 4.18. The smallest absolute Gasteiger partial charge is 0.462 e. The second-order valence-corrected chi connectivity index (χ2v) is 20.4. The van der Waals surface area contributed by atoms with Crippen molar-refractivity contribution in [2.24, 2.45) is 0 Å². The molecule has 0 aliphatic carbocycles. The van der Waals surface area contributed by atoms with Crippen molar-refractivity contribution in [1.29, 1.82) is 0 Å². The predicted octanol–water partition coefficient (Wildman–Crippen LogP) is 16.0. The van der Waals surface area contributed by atoms with Gasteiger partial charge >= 0.3 is 19.8 Å². The van der Waals surface area contributed by atoms with Crippen LogP contribution in [0.2, 0.25) is 0 Å². The van der Waals surface area contributed by atoms with Crippen LogP contribution in [0.3, 0.4) is 0 Å². The zero-order chi connectivity index (χ0) is 47.8. The monoisotopic (exact) mass is 935 g/mol. The van der Waals surface area contributed by atoms with Crippen LogP contribution >= 0.6 is 7.82 Å². The predicted molar refractivity (Wildman–Crippen MR) is 275 cm³/mol. The highest BCUT2D eigenvalue weighted by atomic mass is 31.2. The molecule has 0 heterocycles. The molecule has 0 amide bonds. The Morgan fingerprint density at radius 1 is 0.477 bits per heavy atom. The number of carbonyl (C=O) groups is 2. The average molecular weight is 935 g/mol. The molecule has 378 valence electrons. The molecule has 0 aliphatic heterocycles. The summed E-state index contributed by atoms with van der Waals surface area (Å²) in [5, 5.41) is 0. The minimum Gasteiger partial charge on any atom is -0.462 e. The largest absolute Gasteiger partial charge is 0.472 e. The van der Waals surface area contributed by atoms with Gasteiger partial charge < -0.3 is 18.9 Å². The zero-order valence-electron chi connectivity index (χ0n) is 42.7. The highest BCUT2D eigenvalue weighted by Gasteiger charge is 2.27. The van der Waals surface area contributed by atoms with Crippen molar-refractivity contribution in [3.63, 3.8) is 0 Å². The molecule has 0 rings (SSSR count). The van der Waals surface area contributed by atoms with Crippen molar-refractivity contribution in [2.45, 2.75) is 232 Å². The lowest BCUT2D eigenvalue weighted by Gasteiger charge is -2.24. The van der Waals surface area contributed by atoms with Crippen molar-refractivity contribution in [3.8, 4) is 0 Å². The van der Waals surface area contributed by atoms with Crippen LogP contribution in [-0.4, -0.2) is 74.9 Å². The number of hydrogen-bond acceptors (Lipinski definition) is 7. The Morgan fingerprint density at radius 3 is 1.28 bits per heavy atom. The number of nitrogens with zero attached hydrogens (tertiary/aromatic N) is 1. The molecule has 0 aromatic rings. The van der Waals surface area contributed by atoms with E-state index in [2.05, 4.69) is 74.6 Å². The Labute approximate surface area is 400 Å². The quantitative estimate of drug-likeness (QED) is 0.0211. The number of esters is 2. The van der Waals surface area contributed by atoms with Crippen molar-refractivity contribution < 1.29 is 42.1 Å². The van der Waals surface area contributed by atoms with E-state index >= 15 is 0 Å². The summed E-state index contributed by atoms with van der Waals surface area (Å²) in [4.78, 5) is 35.5. The summed E-state index contributed by atoms with van der Waals surface area (Å²) in [6.45, 7) is 4.36. The summed E-state index contributed by atoms with van der Waals surface area (Å²) in [5.74, 6) is -0.815. The number of rotatable bonds is 48. The summed E-state index contributed by atoms with van der Waals surface area (Å²) in [6.07, 6.45) is 58.5. The van der Waals surface area contributed by atoms with E-state index < -0.39 is 26.5 Å². The van der Waals surface area contributed by atoms with Gasteiger partial charge in [-0.3, -0.25) is 18.6 Å². The summed E-state index contributed by atoms with van der Waals surface area (Å²) >= 11 is 0. The molecule has 0 saturated heterocycles. The molecule has 10 heteroatoms. The van der Waals surface area contributed by atoms with Gasteiger partial charge in [-0.1, -0.05) is 197 Å². The molecule has 65 heavy (non-hydrogen) atoms. The second kappa shape index (κ2) is 46.8. The molecular weight excluding hydrogens is 834 g/mol. The highest BCUT2D eigenvalue weighted by molar-refractivity contribution is 7.47. The van der Waals surface area contributed by atoms with E-state index in [0.717, 1.165) is 83.5 Å². The van der Waals surface area contributed by atoms with Crippen LogP contribution < -0.4 is 0 Å². The molecule has 0 radical (unpaired) electrons. The molecule has 1 N–H and O–H groups in total. The van der Waals surface area contributed by atoms with Crippen LogP contribution in [-0.2, 0) is 32.7 Å². The molecule has 0 fully saturated rings. The van der Waals surface area contributed by atoms with E-state index in [0.29, 0.717) is 17.4 Å². The van der Waals surface area contributed by atoms with Gasteiger partial charge in [-0.2, -0.15) is 0 Å². The number of ether oxygens (including phenoxy) is 2. The van der Waals surface area contributed by atoms with Gasteiger partial charge in [0.25, 0.3) is 0 Å². The molecule has 0 saturated carbocycles. The lowest BCUT2D eigenvalue weighted by molar-refractivity contribution is -0.870. The first-order valence-electron chi connectivity index (χ1n) is 26.5. The van der Waals surface area contributed by atoms with E-state index in [9.17, 15) is 19.0 Å². The van der Waals surface area contributed by atoms with Crippen LogP contribution in [0.15, 0.2) is 60.8 Å². The standard InChI is InChI=1S/C55H100NO8P/c1-6-8-10-12-14-16-18-20-22-23-24-25-26-27-28-29-30-31-32-33-34-36-38-40-42-44-46-48-55(58)64-53(52-63-65(59,60)62-50-49-56(3,4)5)51-61-54(57)47-45-43-41-39-37-35-21-19-17-15-13-11-9-7-2/h13,15,18-21,23-24,26-27,53H,6-12,14,16-17,22,25,28-52H2,1-5H3/p+1/b15-13-,20-18-,21-19-,24-23-,27-26-. The fraction of sp³-hybridized carbons (Fsp3) is 0.782.